The summed E-state index contributed by atoms with van der Waals surface area (Å²) < 4.78 is 12.7. The van der Waals surface area contributed by atoms with E-state index in [1.54, 1.807) is 20.3 Å². The summed E-state index contributed by atoms with van der Waals surface area (Å²) in [7, 11) is 3.21. The number of carbonyl (C=O) groups is 1. The lowest BCUT2D eigenvalue weighted by Crippen LogP contribution is -2.33. The molecule has 1 unspecified atom stereocenters. The summed E-state index contributed by atoms with van der Waals surface area (Å²) in [6, 6.07) is 15.5. The molecule has 4 rings (SSSR count). The van der Waals surface area contributed by atoms with E-state index < -0.39 is 0 Å². The van der Waals surface area contributed by atoms with E-state index >= 15 is 0 Å². The molecular formula is C22H24N4O3. The van der Waals surface area contributed by atoms with Crippen molar-refractivity contribution in [3.05, 3.63) is 59.9 Å². The molecule has 1 amide bonds. The third-order valence-electron chi connectivity index (χ3n) is 5.19. The van der Waals surface area contributed by atoms with Crippen LogP contribution in [0.5, 0.6) is 11.5 Å². The van der Waals surface area contributed by atoms with Crippen LogP contribution < -0.4 is 14.8 Å². The summed E-state index contributed by atoms with van der Waals surface area (Å²) in [4.78, 5) is 12.9. The smallest absolute Gasteiger partial charge is 0.231 e. The minimum Gasteiger partial charge on any atom is -0.497 e. The van der Waals surface area contributed by atoms with Gasteiger partial charge in [0.25, 0.3) is 0 Å². The third kappa shape index (κ3) is 3.94. The lowest BCUT2D eigenvalue weighted by atomic mass is 9.97. The lowest BCUT2D eigenvalue weighted by molar-refractivity contribution is -0.123. The number of carbonyl (C=O) groups excluding carboxylic acids is 1. The van der Waals surface area contributed by atoms with Crippen molar-refractivity contribution in [3.63, 3.8) is 0 Å². The number of amides is 1. The van der Waals surface area contributed by atoms with Crippen molar-refractivity contribution in [3.8, 4) is 22.9 Å². The molecule has 2 aromatic carbocycles. The Hall–Kier alpha value is -3.35. The monoisotopic (exact) mass is 392 g/mol. The standard InChI is InChI=1S/C22H24N4O3/c1-28-17-11-15(12-18(13-17)29-2)14-23-22(27)19-9-6-10-26-20(24-25-21(19)26)16-7-4-3-5-8-16/h3-5,7-8,11-13,19H,6,9-10,14H2,1-2H3,(H,23,27). The summed E-state index contributed by atoms with van der Waals surface area (Å²) in [6.45, 7) is 1.21. The molecule has 2 heterocycles. The maximum Gasteiger partial charge on any atom is 0.231 e. The Morgan fingerprint density at radius 1 is 1.10 bits per heavy atom. The molecule has 0 saturated carbocycles. The zero-order chi connectivity index (χ0) is 20.2. The average molecular weight is 392 g/mol. The molecule has 0 fully saturated rings. The highest BCUT2D eigenvalue weighted by atomic mass is 16.5. The second-order valence-electron chi connectivity index (χ2n) is 7.03. The van der Waals surface area contributed by atoms with Gasteiger partial charge in [-0.1, -0.05) is 30.3 Å². The van der Waals surface area contributed by atoms with Crippen LogP contribution in [0.3, 0.4) is 0 Å². The number of hydrogen-bond acceptors (Lipinski definition) is 5. The molecule has 1 N–H and O–H groups in total. The number of rotatable bonds is 6. The van der Waals surface area contributed by atoms with Crippen LogP contribution in [0.25, 0.3) is 11.4 Å². The first-order chi connectivity index (χ1) is 14.2. The van der Waals surface area contributed by atoms with Crippen LogP contribution in [0.1, 0.15) is 30.1 Å². The Labute approximate surface area is 169 Å². The van der Waals surface area contributed by atoms with Gasteiger partial charge in [0.1, 0.15) is 17.3 Å². The maximum absolute atomic E-state index is 12.9. The second-order valence-corrected chi connectivity index (χ2v) is 7.03. The fraction of sp³-hybridized carbons (Fsp3) is 0.318. The highest BCUT2D eigenvalue weighted by Gasteiger charge is 2.31. The third-order valence-corrected chi connectivity index (χ3v) is 5.19. The molecule has 1 aromatic heterocycles. The van der Waals surface area contributed by atoms with Gasteiger partial charge in [0, 0.05) is 24.7 Å². The number of hydrogen-bond donors (Lipinski definition) is 1. The first-order valence-corrected chi connectivity index (χ1v) is 9.67. The molecule has 7 nitrogen and oxygen atoms in total. The van der Waals surface area contributed by atoms with E-state index in [0.717, 1.165) is 42.2 Å². The minimum atomic E-state index is -0.304. The maximum atomic E-state index is 12.9. The molecule has 7 heteroatoms. The fourth-order valence-corrected chi connectivity index (χ4v) is 3.71. The van der Waals surface area contributed by atoms with Crippen molar-refractivity contribution in [2.75, 3.05) is 14.2 Å². The molecular weight excluding hydrogens is 368 g/mol. The first-order valence-electron chi connectivity index (χ1n) is 9.67. The van der Waals surface area contributed by atoms with Crippen molar-refractivity contribution in [1.82, 2.24) is 20.1 Å². The quantitative estimate of drug-likeness (QED) is 0.697. The lowest BCUT2D eigenvalue weighted by Gasteiger charge is -2.23. The summed E-state index contributed by atoms with van der Waals surface area (Å²) in [5.41, 5.74) is 1.92. The van der Waals surface area contributed by atoms with Crippen LogP contribution in [0.15, 0.2) is 48.5 Å². The predicted molar refractivity (Wildman–Crippen MR) is 109 cm³/mol. The average Bonchev–Trinajstić information content (AvgIpc) is 3.22. The highest BCUT2D eigenvalue weighted by molar-refractivity contribution is 5.83. The van der Waals surface area contributed by atoms with Gasteiger partial charge in [0.05, 0.1) is 20.1 Å². The second kappa shape index (κ2) is 8.34. The van der Waals surface area contributed by atoms with Gasteiger partial charge >= 0.3 is 0 Å². The van der Waals surface area contributed by atoms with Crippen molar-refractivity contribution < 1.29 is 14.3 Å². The van der Waals surface area contributed by atoms with E-state index in [0.29, 0.717) is 18.0 Å². The van der Waals surface area contributed by atoms with Gasteiger partial charge in [-0.2, -0.15) is 0 Å². The van der Waals surface area contributed by atoms with Crippen molar-refractivity contribution in [2.45, 2.75) is 31.8 Å². The molecule has 0 radical (unpaired) electrons. The van der Waals surface area contributed by atoms with Gasteiger partial charge in [-0.05, 0) is 30.5 Å². The number of nitrogens with zero attached hydrogens (tertiary/aromatic N) is 3. The van der Waals surface area contributed by atoms with Crippen LogP contribution in [-0.2, 0) is 17.9 Å². The van der Waals surface area contributed by atoms with E-state index in [9.17, 15) is 4.79 Å². The topological polar surface area (TPSA) is 78.3 Å². The Bertz CT molecular complexity index is 978. The van der Waals surface area contributed by atoms with Crippen molar-refractivity contribution >= 4 is 5.91 Å². The van der Waals surface area contributed by atoms with Crippen molar-refractivity contribution in [2.24, 2.45) is 0 Å². The highest BCUT2D eigenvalue weighted by Crippen LogP contribution is 2.30. The number of aromatic nitrogens is 3. The SMILES string of the molecule is COc1cc(CNC(=O)C2CCCn3c(-c4ccccc4)nnc32)cc(OC)c1. The summed E-state index contributed by atoms with van der Waals surface area (Å²) in [5, 5.41) is 11.8. The Morgan fingerprint density at radius 3 is 2.52 bits per heavy atom. The molecule has 150 valence electrons. The summed E-state index contributed by atoms with van der Waals surface area (Å²) in [6.07, 6.45) is 1.68. The van der Waals surface area contributed by atoms with Crippen LogP contribution >= 0.6 is 0 Å². The van der Waals surface area contributed by atoms with E-state index in [4.69, 9.17) is 9.47 Å². The summed E-state index contributed by atoms with van der Waals surface area (Å²) >= 11 is 0. The van der Waals surface area contributed by atoms with Gasteiger partial charge in [0.2, 0.25) is 5.91 Å². The molecule has 3 aromatic rings. The van der Waals surface area contributed by atoms with Gasteiger partial charge in [0.15, 0.2) is 5.82 Å². The zero-order valence-electron chi connectivity index (χ0n) is 16.6. The molecule has 0 aliphatic carbocycles. The Morgan fingerprint density at radius 2 is 1.83 bits per heavy atom. The Kier molecular flexibility index (Phi) is 5.46. The van der Waals surface area contributed by atoms with Crippen LogP contribution in [0.4, 0.5) is 0 Å². The van der Waals surface area contributed by atoms with Gasteiger partial charge < -0.3 is 19.4 Å². The zero-order valence-corrected chi connectivity index (χ0v) is 16.6. The van der Waals surface area contributed by atoms with Crippen LogP contribution in [0.2, 0.25) is 0 Å². The van der Waals surface area contributed by atoms with Crippen molar-refractivity contribution in [1.29, 1.82) is 0 Å². The number of nitrogens with one attached hydrogen (secondary N) is 1. The normalized spacial score (nSPS) is 15.4. The van der Waals surface area contributed by atoms with E-state index in [2.05, 4.69) is 20.1 Å². The van der Waals surface area contributed by atoms with E-state index in [1.165, 1.54) is 0 Å². The van der Waals surface area contributed by atoms with Gasteiger partial charge in [-0.25, -0.2) is 0 Å². The molecule has 1 aliphatic rings. The van der Waals surface area contributed by atoms with Gasteiger partial charge in [-0.15, -0.1) is 10.2 Å². The first kappa shape index (κ1) is 19.0. The van der Waals surface area contributed by atoms with Crippen LogP contribution in [-0.4, -0.2) is 34.9 Å². The molecule has 29 heavy (non-hydrogen) atoms. The largest absolute Gasteiger partial charge is 0.497 e. The Balaban J connectivity index is 1.51. The van der Waals surface area contributed by atoms with Crippen LogP contribution in [0, 0.1) is 0 Å². The fourth-order valence-electron chi connectivity index (χ4n) is 3.71. The number of benzene rings is 2. The summed E-state index contributed by atoms with van der Waals surface area (Å²) in [5.74, 6) is 2.59. The molecule has 0 bridgehead atoms. The molecule has 0 spiro atoms. The van der Waals surface area contributed by atoms with Gasteiger partial charge in [-0.3, -0.25) is 4.79 Å². The predicted octanol–water partition coefficient (Wildman–Crippen LogP) is 3.16. The van der Waals surface area contributed by atoms with E-state index in [-0.39, 0.29) is 11.8 Å². The molecule has 1 atom stereocenters. The number of fused-ring (bicyclic) bond motifs is 1. The molecule has 0 saturated heterocycles. The number of methoxy groups -OCH3 is 2. The minimum absolute atomic E-state index is 0.0419. The number of ether oxygens (including phenoxy) is 2. The molecule has 1 aliphatic heterocycles. The van der Waals surface area contributed by atoms with E-state index in [1.807, 2.05) is 42.5 Å².